The van der Waals surface area contributed by atoms with E-state index in [4.69, 9.17) is 14.2 Å². The first-order valence-electron chi connectivity index (χ1n) is 23.5. The zero-order chi connectivity index (χ0) is 39.3. The second kappa shape index (κ2) is 45.5. The average molecular weight is 759 g/mol. The Morgan fingerprint density at radius 2 is 0.833 bits per heavy atom. The second-order valence-electron chi connectivity index (χ2n) is 15.6. The third-order valence-electron chi connectivity index (χ3n) is 10.2. The highest BCUT2D eigenvalue weighted by Crippen LogP contribution is 2.15. The molecule has 5 heteroatoms. The minimum atomic E-state index is -0.534. The van der Waals surface area contributed by atoms with Gasteiger partial charge in [-0.05, 0) is 51.4 Å². The molecule has 0 spiro atoms. The van der Waals surface area contributed by atoms with Crippen molar-refractivity contribution < 1.29 is 23.8 Å². The second-order valence-corrected chi connectivity index (χ2v) is 15.6. The third kappa shape index (κ3) is 42.9. The van der Waals surface area contributed by atoms with Crippen molar-refractivity contribution in [2.75, 3.05) is 19.8 Å². The molecule has 0 saturated carbocycles. The van der Waals surface area contributed by atoms with Gasteiger partial charge in [-0.25, -0.2) is 0 Å². The van der Waals surface area contributed by atoms with Crippen molar-refractivity contribution in [1.29, 1.82) is 0 Å². The van der Waals surface area contributed by atoms with Crippen LogP contribution in [0.4, 0.5) is 0 Å². The monoisotopic (exact) mass is 759 g/mol. The fraction of sp³-hybridized carbons (Fsp3) is 0.837. The summed E-state index contributed by atoms with van der Waals surface area (Å²) in [4.78, 5) is 25.2. The van der Waals surface area contributed by atoms with Crippen molar-refractivity contribution in [1.82, 2.24) is 0 Å². The van der Waals surface area contributed by atoms with Crippen LogP contribution in [0.5, 0.6) is 0 Å². The van der Waals surface area contributed by atoms with Gasteiger partial charge in [0.15, 0.2) is 6.10 Å². The minimum Gasteiger partial charge on any atom is -0.462 e. The van der Waals surface area contributed by atoms with Gasteiger partial charge in [0.1, 0.15) is 6.61 Å². The number of carbonyl (C=O) groups is 2. The summed E-state index contributed by atoms with van der Waals surface area (Å²) in [5, 5.41) is 0. The quantitative estimate of drug-likeness (QED) is 0.0352. The van der Waals surface area contributed by atoms with E-state index < -0.39 is 6.10 Å². The maximum absolute atomic E-state index is 12.7. The molecule has 0 aliphatic carbocycles. The fourth-order valence-corrected chi connectivity index (χ4v) is 6.70. The van der Waals surface area contributed by atoms with Gasteiger partial charge in [0, 0.05) is 19.4 Å². The molecule has 0 saturated heterocycles. The first-order valence-corrected chi connectivity index (χ1v) is 23.5. The molecule has 0 N–H and O–H groups in total. The van der Waals surface area contributed by atoms with Crippen molar-refractivity contribution in [3.8, 4) is 0 Å². The lowest BCUT2D eigenvalue weighted by molar-refractivity contribution is -0.163. The normalized spacial score (nSPS) is 12.4. The number of allylic oxidation sites excluding steroid dienone is 6. The van der Waals surface area contributed by atoms with E-state index in [0.717, 1.165) is 70.6 Å². The van der Waals surface area contributed by atoms with Crippen LogP contribution in [0.2, 0.25) is 0 Å². The third-order valence-corrected chi connectivity index (χ3v) is 10.2. The molecule has 0 radical (unpaired) electrons. The Morgan fingerprint density at radius 3 is 1.33 bits per heavy atom. The summed E-state index contributed by atoms with van der Waals surface area (Å²) in [7, 11) is 0. The summed E-state index contributed by atoms with van der Waals surface area (Å²) < 4.78 is 17.3. The lowest BCUT2D eigenvalue weighted by Gasteiger charge is -2.18. The standard InChI is InChI=1S/C49H90O5/c1-4-7-10-13-16-19-21-23-25-27-29-31-33-36-39-42-48(50)53-46-47(45-52-44-41-38-35-18-15-12-9-6-3)54-49(51)43-40-37-34-32-30-28-26-24-22-20-17-14-11-8-5-2/h7,10,16,19,23,25,47H,4-6,8-9,11-15,17-18,20-22,24,26-46H2,1-3H3/b10-7-,19-16-,25-23-. The molecule has 316 valence electrons. The molecule has 0 aromatic heterocycles. The van der Waals surface area contributed by atoms with Gasteiger partial charge in [-0.1, -0.05) is 211 Å². The molecule has 0 rings (SSSR count). The fourth-order valence-electron chi connectivity index (χ4n) is 6.70. The van der Waals surface area contributed by atoms with Crippen LogP contribution in [0.15, 0.2) is 36.5 Å². The number of hydrogen-bond donors (Lipinski definition) is 0. The van der Waals surface area contributed by atoms with Crippen molar-refractivity contribution >= 4 is 11.9 Å². The van der Waals surface area contributed by atoms with Gasteiger partial charge in [-0.2, -0.15) is 0 Å². The number of hydrogen-bond acceptors (Lipinski definition) is 5. The number of esters is 2. The van der Waals surface area contributed by atoms with Crippen molar-refractivity contribution in [3.63, 3.8) is 0 Å². The molecule has 0 fully saturated rings. The summed E-state index contributed by atoms with van der Waals surface area (Å²) in [6.07, 6.45) is 52.9. The van der Waals surface area contributed by atoms with E-state index in [1.807, 2.05) is 0 Å². The van der Waals surface area contributed by atoms with Gasteiger partial charge in [0.2, 0.25) is 0 Å². The summed E-state index contributed by atoms with van der Waals surface area (Å²) >= 11 is 0. The lowest BCUT2D eigenvalue weighted by atomic mass is 10.0. The number of ether oxygens (including phenoxy) is 3. The summed E-state index contributed by atoms with van der Waals surface area (Å²) in [5.74, 6) is -0.407. The average Bonchev–Trinajstić information content (AvgIpc) is 3.17. The number of carbonyl (C=O) groups excluding carboxylic acids is 2. The Hall–Kier alpha value is -1.88. The SMILES string of the molecule is CC/C=C\C/C=C\C/C=C\CCCCCCCC(=O)OCC(COCCCCCCCCCC)OC(=O)CCCCCCCCCCCCCCCCC. The van der Waals surface area contributed by atoms with Gasteiger partial charge in [0.05, 0.1) is 6.61 Å². The maximum atomic E-state index is 12.7. The van der Waals surface area contributed by atoms with Crippen LogP contribution < -0.4 is 0 Å². The van der Waals surface area contributed by atoms with Crippen LogP contribution in [0, 0.1) is 0 Å². The first kappa shape index (κ1) is 52.1. The first-order chi connectivity index (χ1) is 26.6. The molecule has 0 aliphatic heterocycles. The van der Waals surface area contributed by atoms with E-state index in [0.29, 0.717) is 19.4 Å². The molecule has 0 bridgehead atoms. The number of rotatable bonds is 43. The molecule has 0 aromatic rings. The van der Waals surface area contributed by atoms with E-state index in [1.54, 1.807) is 0 Å². The molecule has 0 aromatic carbocycles. The Bertz CT molecular complexity index is 862. The molecule has 0 aliphatic rings. The van der Waals surface area contributed by atoms with Crippen molar-refractivity contribution in [2.45, 2.75) is 245 Å². The molecule has 0 heterocycles. The minimum absolute atomic E-state index is 0.0812. The van der Waals surface area contributed by atoms with Gasteiger partial charge in [-0.3, -0.25) is 9.59 Å². The molecule has 1 unspecified atom stereocenters. The Labute approximate surface area is 336 Å². The largest absolute Gasteiger partial charge is 0.462 e. The Morgan fingerprint density at radius 1 is 0.426 bits per heavy atom. The van der Waals surface area contributed by atoms with E-state index in [2.05, 4.69) is 57.2 Å². The van der Waals surface area contributed by atoms with Crippen molar-refractivity contribution in [3.05, 3.63) is 36.5 Å². The maximum Gasteiger partial charge on any atom is 0.306 e. The zero-order valence-electron chi connectivity index (χ0n) is 36.2. The van der Waals surface area contributed by atoms with Crippen molar-refractivity contribution in [2.24, 2.45) is 0 Å². The topological polar surface area (TPSA) is 61.8 Å². The molecule has 0 amide bonds. The molecule has 1 atom stereocenters. The van der Waals surface area contributed by atoms with Gasteiger partial charge >= 0.3 is 11.9 Å². The van der Waals surface area contributed by atoms with E-state index in [1.165, 1.54) is 135 Å². The Balaban J connectivity index is 4.18. The van der Waals surface area contributed by atoms with E-state index in [9.17, 15) is 9.59 Å². The van der Waals surface area contributed by atoms with Crippen LogP contribution in [0.1, 0.15) is 239 Å². The van der Waals surface area contributed by atoms with Crippen LogP contribution in [0.3, 0.4) is 0 Å². The predicted octanol–water partition coefficient (Wildman–Crippen LogP) is 15.4. The highest BCUT2D eigenvalue weighted by atomic mass is 16.6. The molecule has 54 heavy (non-hydrogen) atoms. The smallest absolute Gasteiger partial charge is 0.306 e. The highest BCUT2D eigenvalue weighted by molar-refractivity contribution is 5.70. The lowest BCUT2D eigenvalue weighted by Crippen LogP contribution is -2.30. The summed E-state index contributed by atoms with van der Waals surface area (Å²) in [6.45, 7) is 7.71. The molecule has 5 nitrogen and oxygen atoms in total. The van der Waals surface area contributed by atoms with E-state index >= 15 is 0 Å². The van der Waals surface area contributed by atoms with Gasteiger partial charge in [-0.15, -0.1) is 0 Å². The van der Waals surface area contributed by atoms with Gasteiger partial charge < -0.3 is 14.2 Å². The predicted molar refractivity (Wildman–Crippen MR) is 233 cm³/mol. The Kier molecular flexibility index (Phi) is 43.9. The van der Waals surface area contributed by atoms with Crippen LogP contribution in [0.25, 0.3) is 0 Å². The van der Waals surface area contributed by atoms with E-state index in [-0.39, 0.29) is 25.2 Å². The highest BCUT2D eigenvalue weighted by Gasteiger charge is 2.17. The molecular formula is C49H90O5. The zero-order valence-corrected chi connectivity index (χ0v) is 36.2. The van der Waals surface area contributed by atoms with Crippen LogP contribution in [-0.4, -0.2) is 37.9 Å². The van der Waals surface area contributed by atoms with Gasteiger partial charge in [0.25, 0.3) is 0 Å². The van der Waals surface area contributed by atoms with Crippen LogP contribution in [-0.2, 0) is 23.8 Å². The summed E-state index contributed by atoms with van der Waals surface area (Å²) in [6, 6.07) is 0. The van der Waals surface area contributed by atoms with Crippen LogP contribution >= 0.6 is 0 Å². The molecular weight excluding hydrogens is 669 g/mol. The summed E-state index contributed by atoms with van der Waals surface area (Å²) in [5.41, 5.74) is 0. The number of unbranched alkanes of at least 4 members (excludes halogenated alkanes) is 26.